The lowest BCUT2D eigenvalue weighted by Gasteiger charge is -2.22. The number of amides is 1. The van der Waals surface area contributed by atoms with E-state index in [9.17, 15) is 26.4 Å². The minimum absolute atomic E-state index is 0.0379. The van der Waals surface area contributed by atoms with Crippen molar-refractivity contribution in [1.29, 1.82) is 0 Å². The smallest absolute Gasteiger partial charge is 0.416 e. The number of alkyl halides is 3. The summed E-state index contributed by atoms with van der Waals surface area (Å²) in [6.07, 6.45) is -3.50. The lowest BCUT2D eigenvalue weighted by atomic mass is 10.2. The van der Waals surface area contributed by atoms with Crippen molar-refractivity contribution in [3.63, 3.8) is 0 Å². The Balaban J connectivity index is 1.33. The second-order valence-corrected chi connectivity index (χ2v) is 12.4. The lowest BCUT2D eigenvalue weighted by Crippen LogP contribution is -2.45. The standard InChI is InChI=1S/C21H19ClF3N3O4S3/c22-17-6-7-19(34-17)35(30,31)28-8-2-5-16(28)20(29)26-10-18-27-14(12-33-18)11-32-15-4-1-3-13(9-15)21(23,24)25/h1,3-4,6-7,9,12,16H,2,5,8,10-11H2,(H,26,29)/t16-/m0/s1. The van der Waals surface area contributed by atoms with Gasteiger partial charge in [-0.25, -0.2) is 13.4 Å². The van der Waals surface area contributed by atoms with E-state index in [1.54, 1.807) is 5.38 Å². The third-order valence-electron chi connectivity index (χ3n) is 5.18. The minimum atomic E-state index is -4.46. The van der Waals surface area contributed by atoms with Crippen molar-refractivity contribution in [3.05, 3.63) is 62.4 Å². The van der Waals surface area contributed by atoms with Crippen LogP contribution in [0.1, 0.15) is 29.1 Å². The molecule has 1 atom stereocenters. The van der Waals surface area contributed by atoms with Crippen LogP contribution < -0.4 is 10.1 Å². The first-order chi connectivity index (χ1) is 16.5. The molecule has 0 radical (unpaired) electrons. The van der Waals surface area contributed by atoms with Crippen molar-refractivity contribution in [2.24, 2.45) is 0 Å². The van der Waals surface area contributed by atoms with Gasteiger partial charge in [0, 0.05) is 11.9 Å². The number of nitrogens with one attached hydrogen (secondary N) is 1. The number of carbonyl (C=O) groups excluding carboxylic acids is 1. The predicted molar refractivity (Wildman–Crippen MR) is 126 cm³/mol. The zero-order valence-electron chi connectivity index (χ0n) is 17.9. The highest BCUT2D eigenvalue weighted by atomic mass is 35.5. The summed E-state index contributed by atoms with van der Waals surface area (Å²) in [6.45, 7) is 0.288. The number of nitrogens with zero attached hydrogens (tertiary/aromatic N) is 2. The predicted octanol–water partition coefficient (Wildman–Crippen LogP) is 4.93. The average molecular weight is 566 g/mol. The van der Waals surface area contributed by atoms with Crippen molar-refractivity contribution >= 4 is 50.2 Å². The van der Waals surface area contributed by atoms with Crippen LogP contribution in [0.4, 0.5) is 13.2 Å². The Bertz CT molecular complexity index is 1310. The van der Waals surface area contributed by atoms with E-state index < -0.39 is 33.7 Å². The number of hydrogen-bond donors (Lipinski definition) is 1. The summed E-state index contributed by atoms with van der Waals surface area (Å²) in [5, 5.41) is 4.96. The number of halogens is 4. The first-order valence-electron chi connectivity index (χ1n) is 10.3. The van der Waals surface area contributed by atoms with Gasteiger partial charge in [0.05, 0.1) is 22.1 Å². The Hall–Kier alpha value is -2.19. The van der Waals surface area contributed by atoms with Crippen LogP contribution in [-0.2, 0) is 34.1 Å². The molecule has 2 aromatic heterocycles. The molecule has 1 saturated heterocycles. The maximum atomic E-state index is 12.9. The Morgan fingerprint density at radius 1 is 1.29 bits per heavy atom. The Morgan fingerprint density at radius 2 is 2.09 bits per heavy atom. The number of sulfonamides is 1. The van der Waals surface area contributed by atoms with Gasteiger partial charge in [-0.3, -0.25) is 4.79 Å². The molecule has 0 saturated carbocycles. The quantitative estimate of drug-likeness (QED) is 0.419. The van der Waals surface area contributed by atoms with Gasteiger partial charge in [-0.2, -0.15) is 17.5 Å². The SMILES string of the molecule is O=C(NCc1nc(COc2cccc(C(F)(F)F)c2)cs1)[C@@H]1CCCN1S(=O)(=O)c1ccc(Cl)s1. The number of carbonyl (C=O) groups is 1. The van der Waals surface area contributed by atoms with Gasteiger partial charge >= 0.3 is 6.18 Å². The number of rotatable bonds is 8. The minimum Gasteiger partial charge on any atom is -0.487 e. The summed E-state index contributed by atoms with van der Waals surface area (Å²) < 4.78 is 71.4. The number of thiophene rings is 1. The molecule has 0 aliphatic carbocycles. The van der Waals surface area contributed by atoms with Gasteiger partial charge in [-0.1, -0.05) is 17.7 Å². The highest BCUT2D eigenvalue weighted by Gasteiger charge is 2.40. The summed E-state index contributed by atoms with van der Waals surface area (Å²) in [6, 6.07) is 6.66. The summed E-state index contributed by atoms with van der Waals surface area (Å²) in [7, 11) is -3.83. The first-order valence-corrected chi connectivity index (χ1v) is 13.8. The molecule has 0 unspecified atom stereocenters. The first kappa shape index (κ1) is 25.9. The van der Waals surface area contributed by atoms with Crippen LogP contribution in [0.2, 0.25) is 4.34 Å². The van der Waals surface area contributed by atoms with Crippen LogP contribution in [0.3, 0.4) is 0 Å². The molecule has 1 N–H and O–H groups in total. The van der Waals surface area contributed by atoms with Gasteiger partial charge in [0.15, 0.2) is 0 Å². The van der Waals surface area contributed by atoms with Crippen LogP contribution in [0.15, 0.2) is 46.0 Å². The molecule has 3 heterocycles. The molecular formula is C21H19ClF3N3O4S3. The third-order valence-corrected chi connectivity index (χ3v) is 9.68. The zero-order chi connectivity index (χ0) is 25.2. The number of benzene rings is 1. The molecule has 7 nitrogen and oxygen atoms in total. The number of aromatic nitrogens is 1. The molecule has 1 aliphatic heterocycles. The molecule has 4 rings (SSSR count). The molecule has 188 valence electrons. The van der Waals surface area contributed by atoms with Gasteiger partial charge in [0.2, 0.25) is 5.91 Å². The molecule has 0 spiro atoms. The monoisotopic (exact) mass is 565 g/mol. The second-order valence-electron chi connectivity index (χ2n) is 7.60. The van der Waals surface area contributed by atoms with Crippen LogP contribution >= 0.6 is 34.3 Å². The highest BCUT2D eigenvalue weighted by molar-refractivity contribution is 7.91. The Kier molecular flexibility index (Phi) is 7.71. The largest absolute Gasteiger partial charge is 0.487 e. The molecule has 1 aromatic carbocycles. The van der Waals surface area contributed by atoms with E-state index in [0.29, 0.717) is 27.9 Å². The normalized spacial score (nSPS) is 17.0. The fourth-order valence-electron chi connectivity index (χ4n) is 3.54. The summed E-state index contributed by atoms with van der Waals surface area (Å²) in [4.78, 5) is 17.1. The highest BCUT2D eigenvalue weighted by Crippen LogP contribution is 2.33. The van der Waals surface area contributed by atoms with Crippen molar-refractivity contribution in [2.45, 2.75) is 42.4 Å². The fourth-order valence-corrected chi connectivity index (χ4v) is 7.52. The molecule has 14 heteroatoms. The van der Waals surface area contributed by atoms with Crippen molar-refractivity contribution < 1.29 is 31.1 Å². The maximum Gasteiger partial charge on any atom is 0.416 e. The van der Waals surface area contributed by atoms with Gasteiger partial charge in [-0.05, 0) is 43.2 Å². The van der Waals surface area contributed by atoms with Crippen molar-refractivity contribution in [3.8, 4) is 5.75 Å². The van der Waals surface area contributed by atoms with E-state index >= 15 is 0 Å². The van der Waals surface area contributed by atoms with Gasteiger partial charge < -0.3 is 10.1 Å². The molecule has 1 amide bonds. The van der Waals surface area contributed by atoms with Gasteiger partial charge in [0.1, 0.15) is 27.6 Å². The number of thiazole rings is 1. The van der Waals surface area contributed by atoms with Gasteiger partial charge in [0.25, 0.3) is 10.0 Å². The third kappa shape index (κ3) is 6.15. The van der Waals surface area contributed by atoms with Crippen LogP contribution in [-0.4, -0.2) is 36.2 Å². The number of ether oxygens (including phenoxy) is 1. The topological polar surface area (TPSA) is 88.6 Å². The van der Waals surface area contributed by atoms with E-state index in [2.05, 4.69) is 10.3 Å². The summed E-state index contributed by atoms with van der Waals surface area (Å²) >= 11 is 8.06. The van der Waals surface area contributed by atoms with E-state index in [1.165, 1.54) is 39.9 Å². The Morgan fingerprint density at radius 3 is 2.80 bits per heavy atom. The summed E-state index contributed by atoms with van der Waals surface area (Å²) in [5.41, 5.74) is -0.307. The van der Waals surface area contributed by atoms with E-state index in [-0.39, 0.29) is 29.7 Å². The molecule has 35 heavy (non-hydrogen) atoms. The molecular weight excluding hydrogens is 547 g/mol. The summed E-state index contributed by atoms with van der Waals surface area (Å²) in [5.74, 6) is -0.358. The van der Waals surface area contributed by atoms with E-state index in [0.717, 1.165) is 23.5 Å². The molecule has 1 aliphatic rings. The maximum absolute atomic E-state index is 12.9. The zero-order valence-corrected chi connectivity index (χ0v) is 21.1. The van der Waals surface area contributed by atoms with Crippen LogP contribution in [0, 0.1) is 0 Å². The van der Waals surface area contributed by atoms with Crippen molar-refractivity contribution in [2.75, 3.05) is 6.54 Å². The van der Waals surface area contributed by atoms with Gasteiger partial charge in [-0.15, -0.1) is 22.7 Å². The molecule has 1 fully saturated rings. The number of hydrogen-bond acceptors (Lipinski definition) is 7. The average Bonchev–Trinajstić information content (AvgIpc) is 3.56. The van der Waals surface area contributed by atoms with E-state index in [4.69, 9.17) is 16.3 Å². The lowest BCUT2D eigenvalue weighted by molar-refractivity contribution is -0.137. The fraction of sp³-hybridized carbons (Fsp3) is 0.333. The molecule has 3 aromatic rings. The Labute approximate surface area is 212 Å². The molecule has 0 bridgehead atoms. The van der Waals surface area contributed by atoms with Crippen molar-refractivity contribution in [1.82, 2.24) is 14.6 Å². The van der Waals surface area contributed by atoms with E-state index in [1.807, 2.05) is 0 Å². The second kappa shape index (κ2) is 10.4. The van der Waals surface area contributed by atoms with Crippen LogP contribution in [0.25, 0.3) is 0 Å². The van der Waals surface area contributed by atoms with Crippen LogP contribution in [0.5, 0.6) is 5.75 Å².